The van der Waals surface area contributed by atoms with E-state index in [0.29, 0.717) is 0 Å². The molecule has 0 nitrogen and oxygen atoms in total. The van der Waals surface area contributed by atoms with Gasteiger partial charge in [0.2, 0.25) is 0 Å². The Balaban J connectivity index is 2.88. The minimum Gasteiger partial charge on any atom is -0.143 e. The van der Waals surface area contributed by atoms with Crippen LogP contribution in [0.5, 0.6) is 0 Å². The van der Waals surface area contributed by atoms with E-state index in [1.807, 2.05) is 0 Å². The summed E-state index contributed by atoms with van der Waals surface area (Å²) in [6.07, 6.45) is 8.36. The summed E-state index contributed by atoms with van der Waals surface area (Å²) in [5, 5.41) is 0. The molecule has 1 rings (SSSR count). The van der Waals surface area contributed by atoms with E-state index >= 15 is 0 Å². The van der Waals surface area contributed by atoms with Gasteiger partial charge in [0.15, 0.2) is 0 Å². The van der Waals surface area contributed by atoms with Crippen molar-refractivity contribution in [2.45, 2.75) is 26.7 Å². The van der Waals surface area contributed by atoms with Crippen LogP contribution >= 0.6 is 12.6 Å². The summed E-state index contributed by atoms with van der Waals surface area (Å²) >= 11 is 4.34. The summed E-state index contributed by atoms with van der Waals surface area (Å²) in [4.78, 5) is 1.04. The van der Waals surface area contributed by atoms with Crippen molar-refractivity contribution >= 4 is 12.6 Å². The van der Waals surface area contributed by atoms with Gasteiger partial charge in [-0.25, -0.2) is 0 Å². The molecule has 0 saturated carbocycles. The Labute approximate surface area is 86.1 Å². The number of thiol groups is 1. The SMILES string of the molecule is C=C(C)CC1=C(C)C=C(S)C=CC1. The summed E-state index contributed by atoms with van der Waals surface area (Å²) in [5.74, 6) is 0. The lowest BCUT2D eigenvalue weighted by Gasteiger charge is -2.06. The average Bonchev–Trinajstić information content (AvgIpc) is 2.13. The highest BCUT2D eigenvalue weighted by Crippen LogP contribution is 2.23. The maximum Gasteiger partial charge on any atom is 0.00395 e. The molecule has 1 aliphatic carbocycles. The second-order valence-electron chi connectivity index (χ2n) is 3.60. The molecule has 0 saturated heterocycles. The van der Waals surface area contributed by atoms with Crippen LogP contribution in [-0.4, -0.2) is 0 Å². The highest BCUT2D eigenvalue weighted by Gasteiger charge is 2.03. The Kier molecular flexibility index (Phi) is 3.61. The van der Waals surface area contributed by atoms with Gasteiger partial charge in [-0.2, -0.15) is 0 Å². The van der Waals surface area contributed by atoms with Crippen LogP contribution < -0.4 is 0 Å². The van der Waals surface area contributed by atoms with Crippen LogP contribution in [0.3, 0.4) is 0 Å². The largest absolute Gasteiger partial charge is 0.143 e. The van der Waals surface area contributed by atoms with E-state index in [0.717, 1.165) is 17.7 Å². The van der Waals surface area contributed by atoms with Crippen LogP contribution in [0.15, 0.2) is 46.4 Å². The standard InChI is InChI=1S/C12H16S/c1-9(2)7-11-5-4-6-12(13)8-10(11)3/h4,6,8,13H,1,5,7H2,2-3H3. The van der Waals surface area contributed by atoms with Crippen molar-refractivity contribution in [2.75, 3.05) is 0 Å². The normalized spacial score (nSPS) is 17.0. The molecule has 0 atom stereocenters. The molecule has 70 valence electrons. The van der Waals surface area contributed by atoms with E-state index in [2.05, 4.69) is 51.3 Å². The van der Waals surface area contributed by atoms with Crippen molar-refractivity contribution in [3.63, 3.8) is 0 Å². The second kappa shape index (κ2) is 4.52. The summed E-state index contributed by atoms with van der Waals surface area (Å²) in [5.41, 5.74) is 4.00. The molecular formula is C12H16S. The number of allylic oxidation sites excluding steroid dienone is 6. The third-order valence-corrected chi connectivity index (χ3v) is 2.37. The van der Waals surface area contributed by atoms with E-state index in [1.54, 1.807) is 0 Å². The zero-order valence-corrected chi connectivity index (χ0v) is 9.20. The van der Waals surface area contributed by atoms with Crippen LogP contribution in [0.1, 0.15) is 26.7 Å². The molecule has 0 aromatic rings. The third kappa shape index (κ3) is 3.27. The average molecular weight is 192 g/mol. The topological polar surface area (TPSA) is 0 Å². The first-order valence-electron chi connectivity index (χ1n) is 4.50. The summed E-state index contributed by atoms with van der Waals surface area (Å²) in [6.45, 7) is 8.15. The number of rotatable bonds is 2. The zero-order valence-electron chi connectivity index (χ0n) is 8.30. The molecule has 0 aliphatic heterocycles. The van der Waals surface area contributed by atoms with Gasteiger partial charge in [-0.3, -0.25) is 0 Å². The molecule has 1 heteroatoms. The number of hydrogen-bond donors (Lipinski definition) is 1. The van der Waals surface area contributed by atoms with Crippen molar-refractivity contribution in [1.82, 2.24) is 0 Å². The Bertz CT molecular complexity index is 303. The zero-order chi connectivity index (χ0) is 9.84. The van der Waals surface area contributed by atoms with Crippen LogP contribution in [0.25, 0.3) is 0 Å². The molecule has 0 bridgehead atoms. The summed E-state index contributed by atoms with van der Waals surface area (Å²) in [6, 6.07) is 0. The van der Waals surface area contributed by atoms with Gasteiger partial charge in [0.25, 0.3) is 0 Å². The smallest absolute Gasteiger partial charge is 0.00395 e. The Morgan fingerprint density at radius 2 is 2.31 bits per heavy atom. The highest BCUT2D eigenvalue weighted by molar-refractivity contribution is 7.84. The molecule has 0 aromatic heterocycles. The lowest BCUT2D eigenvalue weighted by atomic mass is 10.0. The molecular weight excluding hydrogens is 176 g/mol. The van der Waals surface area contributed by atoms with Gasteiger partial charge in [-0.05, 0) is 32.8 Å². The minimum absolute atomic E-state index is 1.01. The first-order valence-corrected chi connectivity index (χ1v) is 4.94. The van der Waals surface area contributed by atoms with Crippen LogP contribution in [0, 0.1) is 0 Å². The molecule has 0 aromatic carbocycles. The van der Waals surface area contributed by atoms with Gasteiger partial charge < -0.3 is 0 Å². The maximum absolute atomic E-state index is 4.34. The molecule has 0 heterocycles. The lowest BCUT2D eigenvalue weighted by Crippen LogP contribution is -1.86. The van der Waals surface area contributed by atoms with E-state index in [1.165, 1.54) is 16.7 Å². The van der Waals surface area contributed by atoms with Gasteiger partial charge in [-0.15, -0.1) is 12.6 Å². The molecule has 1 aliphatic rings. The van der Waals surface area contributed by atoms with Crippen LogP contribution in [0.2, 0.25) is 0 Å². The number of hydrogen-bond acceptors (Lipinski definition) is 1. The molecule has 0 radical (unpaired) electrons. The van der Waals surface area contributed by atoms with E-state index in [4.69, 9.17) is 0 Å². The van der Waals surface area contributed by atoms with Gasteiger partial charge >= 0.3 is 0 Å². The van der Waals surface area contributed by atoms with E-state index < -0.39 is 0 Å². The predicted octanol–water partition coefficient (Wildman–Crippen LogP) is 4.04. The maximum atomic E-state index is 4.34. The quantitative estimate of drug-likeness (QED) is 0.495. The molecule has 0 amide bonds. The van der Waals surface area contributed by atoms with Crippen molar-refractivity contribution in [3.8, 4) is 0 Å². The van der Waals surface area contributed by atoms with E-state index in [9.17, 15) is 0 Å². The fourth-order valence-corrected chi connectivity index (χ4v) is 1.73. The molecule has 13 heavy (non-hydrogen) atoms. The van der Waals surface area contributed by atoms with Crippen LogP contribution in [0.4, 0.5) is 0 Å². The van der Waals surface area contributed by atoms with Gasteiger partial charge in [0.1, 0.15) is 0 Å². The third-order valence-electron chi connectivity index (χ3n) is 2.09. The lowest BCUT2D eigenvalue weighted by molar-refractivity contribution is 1.03. The fraction of sp³-hybridized carbons (Fsp3) is 0.333. The van der Waals surface area contributed by atoms with Gasteiger partial charge in [-0.1, -0.05) is 35.5 Å². The Hall–Kier alpha value is -0.690. The predicted molar refractivity (Wildman–Crippen MR) is 63.0 cm³/mol. The molecule has 0 N–H and O–H groups in total. The van der Waals surface area contributed by atoms with Gasteiger partial charge in [0.05, 0.1) is 0 Å². The minimum atomic E-state index is 1.01. The first kappa shape index (κ1) is 10.4. The molecule has 0 unspecified atom stereocenters. The van der Waals surface area contributed by atoms with Crippen molar-refractivity contribution in [1.29, 1.82) is 0 Å². The fourth-order valence-electron chi connectivity index (χ4n) is 1.43. The Morgan fingerprint density at radius 1 is 1.62 bits per heavy atom. The monoisotopic (exact) mass is 192 g/mol. The van der Waals surface area contributed by atoms with Crippen molar-refractivity contribution < 1.29 is 0 Å². The molecule has 0 spiro atoms. The van der Waals surface area contributed by atoms with Gasteiger partial charge in [0, 0.05) is 4.91 Å². The van der Waals surface area contributed by atoms with Crippen LogP contribution in [-0.2, 0) is 0 Å². The summed E-state index contributed by atoms with van der Waals surface area (Å²) < 4.78 is 0. The molecule has 0 fully saturated rings. The Morgan fingerprint density at radius 3 is 2.92 bits per heavy atom. The first-order chi connectivity index (χ1) is 6.09. The van der Waals surface area contributed by atoms with E-state index in [-0.39, 0.29) is 0 Å². The van der Waals surface area contributed by atoms with Crippen molar-refractivity contribution in [3.05, 3.63) is 46.4 Å². The highest BCUT2D eigenvalue weighted by atomic mass is 32.1. The second-order valence-corrected chi connectivity index (χ2v) is 4.11. The van der Waals surface area contributed by atoms with Crippen molar-refractivity contribution in [2.24, 2.45) is 0 Å². The summed E-state index contributed by atoms with van der Waals surface area (Å²) in [7, 11) is 0.